The molecule has 0 spiro atoms. The van der Waals surface area contributed by atoms with Gasteiger partial charge in [0.2, 0.25) is 0 Å². The Morgan fingerprint density at radius 2 is 2.09 bits per heavy atom. The van der Waals surface area contributed by atoms with Crippen LogP contribution in [0.2, 0.25) is 0 Å². The maximum Gasteiger partial charge on any atom is 0.339 e. The average Bonchev–Trinajstić information content (AvgIpc) is 2.78. The molecule has 1 aliphatic rings. The summed E-state index contributed by atoms with van der Waals surface area (Å²) in [6, 6.07) is 5.72. The zero-order valence-electron chi connectivity index (χ0n) is 13.6. The van der Waals surface area contributed by atoms with Gasteiger partial charge in [-0.2, -0.15) is 0 Å². The second-order valence-corrected chi connectivity index (χ2v) is 6.31. The van der Waals surface area contributed by atoms with E-state index in [0.29, 0.717) is 24.2 Å². The molecule has 118 valence electrons. The summed E-state index contributed by atoms with van der Waals surface area (Å²) in [6.45, 7) is 11.7. The molecule has 1 heterocycles. The minimum absolute atomic E-state index is 0.298. The van der Waals surface area contributed by atoms with Gasteiger partial charge in [-0.05, 0) is 25.8 Å². The predicted octanol–water partition coefficient (Wildman–Crippen LogP) is 3.74. The Morgan fingerprint density at radius 3 is 2.73 bits per heavy atom. The Balaban J connectivity index is 2.25. The molecule has 0 amide bonds. The van der Waals surface area contributed by atoms with E-state index < -0.39 is 11.4 Å². The summed E-state index contributed by atoms with van der Waals surface area (Å²) in [4.78, 5) is 23.9. The first-order valence-corrected chi connectivity index (χ1v) is 7.43. The molecule has 0 saturated carbocycles. The molecule has 22 heavy (non-hydrogen) atoms. The van der Waals surface area contributed by atoms with Crippen LogP contribution in [0.4, 0.5) is 0 Å². The highest BCUT2D eigenvalue weighted by molar-refractivity contribution is 5.95. The number of hydrogen-bond donors (Lipinski definition) is 0. The first kappa shape index (κ1) is 16.3. The van der Waals surface area contributed by atoms with E-state index in [0.717, 1.165) is 11.1 Å². The van der Waals surface area contributed by atoms with Gasteiger partial charge in [0.05, 0.1) is 12.2 Å². The van der Waals surface area contributed by atoms with E-state index in [1.807, 2.05) is 39.0 Å². The van der Waals surface area contributed by atoms with Gasteiger partial charge < -0.3 is 9.47 Å². The molecule has 1 atom stereocenters. The van der Waals surface area contributed by atoms with Crippen LogP contribution < -0.4 is 0 Å². The third-order valence-corrected chi connectivity index (χ3v) is 3.96. The van der Waals surface area contributed by atoms with Crippen LogP contribution in [0.25, 0.3) is 0 Å². The molecule has 1 aromatic rings. The highest BCUT2D eigenvalue weighted by atomic mass is 16.6. The standard InChI is InChI=1S/C18H22O4/c1-6-21-16(19)12(3)10-18(4,5)15-13-9-7-8-11(2)14(13)17(20)22-15/h7-9,15H,3,6,10H2,1-2,4-5H3. The van der Waals surface area contributed by atoms with Gasteiger partial charge in [0, 0.05) is 16.6 Å². The molecule has 0 bridgehead atoms. The number of hydrogen-bond acceptors (Lipinski definition) is 4. The number of aryl methyl sites for hydroxylation is 1. The van der Waals surface area contributed by atoms with Crippen LogP contribution >= 0.6 is 0 Å². The number of benzene rings is 1. The van der Waals surface area contributed by atoms with Crippen molar-refractivity contribution in [2.75, 3.05) is 6.61 Å². The second-order valence-electron chi connectivity index (χ2n) is 6.31. The number of ether oxygens (including phenoxy) is 2. The molecule has 2 rings (SSSR count). The van der Waals surface area contributed by atoms with Gasteiger partial charge in [-0.1, -0.05) is 38.6 Å². The number of rotatable bonds is 5. The van der Waals surface area contributed by atoms with Crippen molar-refractivity contribution < 1.29 is 19.1 Å². The molecule has 4 heteroatoms. The molecule has 1 aromatic carbocycles. The maximum atomic E-state index is 12.1. The number of carbonyl (C=O) groups is 2. The maximum absolute atomic E-state index is 12.1. The number of fused-ring (bicyclic) bond motifs is 1. The lowest BCUT2D eigenvalue weighted by Crippen LogP contribution is -2.25. The largest absolute Gasteiger partial charge is 0.463 e. The summed E-state index contributed by atoms with van der Waals surface area (Å²) in [5.41, 5.74) is 2.38. The average molecular weight is 302 g/mol. The monoisotopic (exact) mass is 302 g/mol. The summed E-state index contributed by atoms with van der Waals surface area (Å²) in [5.74, 6) is -0.697. The Labute approximate surface area is 131 Å². The van der Waals surface area contributed by atoms with Crippen LogP contribution in [0.5, 0.6) is 0 Å². The molecule has 0 N–H and O–H groups in total. The van der Waals surface area contributed by atoms with Crippen LogP contribution in [0.3, 0.4) is 0 Å². The van der Waals surface area contributed by atoms with Gasteiger partial charge in [-0.15, -0.1) is 0 Å². The van der Waals surface area contributed by atoms with Gasteiger partial charge >= 0.3 is 11.9 Å². The highest BCUT2D eigenvalue weighted by Gasteiger charge is 2.42. The summed E-state index contributed by atoms with van der Waals surface area (Å²) in [5, 5.41) is 0. The van der Waals surface area contributed by atoms with E-state index in [1.54, 1.807) is 6.92 Å². The molecular weight excluding hydrogens is 280 g/mol. The third kappa shape index (κ3) is 2.91. The minimum atomic E-state index is -0.446. The fourth-order valence-electron chi connectivity index (χ4n) is 2.95. The van der Waals surface area contributed by atoms with E-state index >= 15 is 0 Å². The molecule has 1 aliphatic heterocycles. The van der Waals surface area contributed by atoms with Gasteiger partial charge in [-0.3, -0.25) is 0 Å². The Kier molecular flexibility index (Phi) is 4.40. The lowest BCUT2D eigenvalue weighted by Gasteiger charge is -2.31. The molecule has 4 nitrogen and oxygen atoms in total. The van der Waals surface area contributed by atoms with Crippen molar-refractivity contribution in [1.29, 1.82) is 0 Å². The van der Waals surface area contributed by atoms with Gasteiger partial charge in [0.1, 0.15) is 6.10 Å². The van der Waals surface area contributed by atoms with Crippen molar-refractivity contribution in [3.63, 3.8) is 0 Å². The Bertz CT molecular complexity index is 628. The van der Waals surface area contributed by atoms with Crippen LogP contribution in [0, 0.1) is 12.3 Å². The van der Waals surface area contributed by atoms with Crippen molar-refractivity contribution in [2.24, 2.45) is 5.41 Å². The van der Waals surface area contributed by atoms with Gasteiger partial charge in [-0.25, -0.2) is 9.59 Å². The molecule has 0 fully saturated rings. The first-order valence-electron chi connectivity index (χ1n) is 7.43. The number of carbonyl (C=O) groups excluding carboxylic acids is 2. The molecule has 0 saturated heterocycles. The number of cyclic esters (lactones) is 1. The van der Waals surface area contributed by atoms with Crippen molar-refractivity contribution in [2.45, 2.75) is 40.2 Å². The van der Waals surface area contributed by atoms with E-state index in [-0.39, 0.29) is 12.1 Å². The summed E-state index contributed by atoms with van der Waals surface area (Å²) >= 11 is 0. The van der Waals surface area contributed by atoms with Crippen molar-refractivity contribution >= 4 is 11.9 Å². The van der Waals surface area contributed by atoms with Crippen LogP contribution in [0.1, 0.15) is 54.8 Å². The van der Waals surface area contributed by atoms with Crippen molar-refractivity contribution in [3.05, 3.63) is 47.0 Å². The van der Waals surface area contributed by atoms with Crippen LogP contribution in [-0.2, 0) is 14.3 Å². The lowest BCUT2D eigenvalue weighted by atomic mass is 9.77. The Hall–Kier alpha value is -2.10. The molecule has 0 aliphatic carbocycles. The fourth-order valence-corrected chi connectivity index (χ4v) is 2.95. The second kappa shape index (κ2) is 5.95. The smallest absolute Gasteiger partial charge is 0.339 e. The lowest BCUT2D eigenvalue weighted by molar-refractivity contribution is -0.139. The van der Waals surface area contributed by atoms with Crippen molar-refractivity contribution in [1.82, 2.24) is 0 Å². The number of esters is 2. The van der Waals surface area contributed by atoms with E-state index in [4.69, 9.17) is 9.47 Å². The quantitative estimate of drug-likeness (QED) is 0.614. The van der Waals surface area contributed by atoms with Gasteiger partial charge in [0.25, 0.3) is 0 Å². The van der Waals surface area contributed by atoms with Crippen LogP contribution in [-0.4, -0.2) is 18.5 Å². The SMILES string of the molecule is C=C(CC(C)(C)C1OC(=O)c2c(C)cccc21)C(=O)OCC. The minimum Gasteiger partial charge on any atom is -0.463 e. The normalized spacial score (nSPS) is 16.9. The third-order valence-electron chi connectivity index (χ3n) is 3.96. The summed E-state index contributed by atoms with van der Waals surface area (Å²) in [7, 11) is 0. The van der Waals surface area contributed by atoms with Crippen LogP contribution in [0.15, 0.2) is 30.4 Å². The van der Waals surface area contributed by atoms with E-state index in [1.165, 1.54) is 0 Å². The molecule has 1 unspecified atom stereocenters. The topological polar surface area (TPSA) is 52.6 Å². The summed E-state index contributed by atoms with van der Waals surface area (Å²) < 4.78 is 10.6. The van der Waals surface area contributed by atoms with E-state index in [9.17, 15) is 9.59 Å². The molecular formula is C18H22O4. The molecule has 0 aromatic heterocycles. The van der Waals surface area contributed by atoms with Crippen molar-refractivity contribution in [3.8, 4) is 0 Å². The van der Waals surface area contributed by atoms with Gasteiger partial charge in [0.15, 0.2) is 0 Å². The zero-order valence-corrected chi connectivity index (χ0v) is 13.6. The zero-order chi connectivity index (χ0) is 16.5. The highest BCUT2D eigenvalue weighted by Crippen LogP contribution is 2.46. The van der Waals surface area contributed by atoms with E-state index in [2.05, 4.69) is 6.58 Å². The first-order chi connectivity index (χ1) is 10.3. The molecule has 0 radical (unpaired) electrons. The fraction of sp³-hybridized carbons (Fsp3) is 0.444. The predicted molar refractivity (Wildman–Crippen MR) is 83.5 cm³/mol. The summed E-state index contributed by atoms with van der Waals surface area (Å²) in [6.07, 6.45) is 0.0121. The Morgan fingerprint density at radius 1 is 1.41 bits per heavy atom.